The van der Waals surface area contributed by atoms with Gasteiger partial charge in [-0.15, -0.1) is 0 Å². The third kappa shape index (κ3) is 3.03. The molecule has 2 atom stereocenters. The molecule has 1 aromatic carbocycles. The van der Waals surface area contributed by atoms with Gasteiger partial charge >= 0.3 is 0 Å². The summed E-state index contributed by atoms with van der Waals surface area (Å²) < 4.78 is 13.0. The van der Waals surface area contributed by atoms with E-state index in [1.165, 1.54) is 18.9 Å². The molecular formula is C13H19FN2. The average Bonchev–Trinajstić information content (AvgIpc) is 2.30. The lowest BCUT2D eigenvalue weighted by atomic mass is 9.90. The van der Waals surface area contributed by atoms with Crippen LogP contribution in [0.4, 0.5) is 4.39 Å². The number of benzene rings is 1. The van der Waals surface area contributed by atoms with Crippen LogP contribution in [0.25, 0.3) is 0 Å². The van der Waals surface area contributed by atoms with Crippen molar-refractivity contribution in [3.05, 3.63) is 35.6 Å². The van der Waals surface area contributed by atoms with E-state index >= 15 is 0 Å². The zero-order valence-electron chi connectivity index (χ0n) is 9.45. The summed E-state index contributed by atoms with van der Waals surface area (Å²) in [6.07, 6.45) is 3.40. The van der Waals surface area contributed by atoms with Gasteiger partial charge in [0.2, 0.25) is 0 Å². The zero-order valence-corrected chi connectivity index (χ0v) is 9.45. The van der Waals surface area contributed by atoms with E-state index in [-0.39, 0.29) is 11.9 Å². The van der Waals surface area contributed by atoms with Crippen molar-refractivity contribution in [2.24, 2.45) is 11.7 Å². The van der Waals surface area contributed by atoms with Crippen molar-refractivity contribution >= 4 is 0 Å². The van der Waals surface area contributed by atoms with Crippen molar-refractivity contribution in [1.82, 2.24) is 5.32 Å². The highest BCUT2D eigenvalue weighted by Crippen LogP contribution is 2.23. The Morgan fingerprint density at radius 2 is 2.38 bits per heavy atom. The Kier molecular flexibility index (Phi) is 3.91. The molecule has 0 amide bonds. The van der Waals surface area contributed by atoms with Gasteiger partial charge in [-0.2, -0.15) is 0 Å². The SMILES string of the molecule is NC(CC1CCCNC1)c1cccc(F)c1. The van der Waals surface area contributed by atoms with Gasteiger partial charge in [0.25, 0.3) is 0 Å². The van der Waals surface area contributed by atoms with E-state index in [2.05, 4.69) is 5.32 Å². The second-order valence-electron chi connectivity index (χ2n) is 4.61. The van der Waals surface area contributed by atoms with E-state index in [1.807, 2.05) is 6.07 Å². The number of hydrogen-bond donors (Lipinski definition) is 2. The minimum absolute atomic E-state index is 0.0411. The molecule has 0 radical (unpaired) electrons. The van der Waals surface area contributed by atoms with Gasteiger partial charge < -0.3 is 11.1 Å². The van der Waals surface area contributed by atoms with Crippen molar-refractivity contribution in [2.45, 2.75) is 25.3 Å². The molecule has 0 aromatic heterocycles. The fourth-order valence-corrected chi connectivity index (χ4v) is 2.36. The van der Waals surface area contributed by atoms with Gasteiger partial charge in [0, 0.05) is 6.04 Å². The van der Waals surface area contributed by atoms with Gasteiger partial charge in [-0.1, -0.05) is 12.1 Å². The lowest BCUT2D eigenvalue weighted by molar-refractivity contribution is 0.336. The largest absolute Gasteiger partial charge is 0.324 e. The summed E-state index contributed by atoms with van der Waals surface area (Å²) in [5.74, 6) is 0.432. The lowest BCUT2D eigenvalue weighted by Gasteiger charge is -2.25. The lowest BCUT2D eigenvalue weighted by Crippen LogP contribution is -2.31. The molecule has 0 aliphatic carbocycles. The first-order valence-electron chi connectivity index (χ1n) is 5.97. The van der Waals surface area contributed by atoms with Crippen LogP contribution in [0, 0.1) is 11.7 Å². The number of halogens is 1. The van der Waals surface area contributed by atoms with Crippen molar-refractivity contribution in [1.29, 1.82) is 0 Å². The summed E-state index contributed by atoms with van der Waals surface area (Å²) in [5.41, 5.74) is 7.01. The Bertz CT molecular complexity index is 334. The third-order valence-electron chi connectivity index (χ3n) is 3.26. The average molecular weight is 222 g/mol. The van der Waals surface area contributed by atoms with Crippen LogP contribution in [-0.2, 0) is 0 Å². The first-order valence-corrected chi connectivity index (χ1v) is 5.97. The first-order chi connectivity index (χ1) is 7.75. The van der Waals surface area contributed by atoms with Gasteiger partial charge in [0.05, 0.1) is 0 Å². The van der Waals surface area contributed by atoms with Crippen LogP contribution in [0.3, 0.4) is 0 Å². The van der Waals surface area contributed by atoms with Crippen LogP contribution >= 0.6 is 0 Å². The minimum atomic E-state index is -0.199. The van der Waals surface area contributed by atoms with Gasteiger partial charge in [-0.05, 0) is 56.0 Å². The first kappa shape index (κ1) is 11.6. The minimum Gasteiger partial charge on any atom is -0.324 e. The monoisotopic (exact) mass is 222 g/mol. The van der Waals surface area contributed by atoms with Crippen molar-refractivity contribution in [3.8, 4) is 0 Å². The highest BCUT2D eigenvalue weighted by Gasteiger charge is 2.17. The molecule has 1 saturated heterocycles. The highest BCUT2D eigenvalue weighted by atomic mass is 19.1. The highest BCUT2D eigenvalue weighted by molar-refractivity contribution is 5.19. The molecule has 3 heteroatoms. The molecule has 1 aliphatic rings. The summed E-state index contributed by atoms with van der Waals surface area (Å²) in [4.78, 5) is 0. The predicted molar refractivity (Wildman–Crippen MR) is 63.5 cm³/mol. The van der Waals surface area contributed by atoms with E-state index in [0.717, 1.165) is 25.1 Å². The zero-order chi connectivity index (χ0) is 11.4. The summed E-state index contributed by atoms with van der Waals surface area (Å²) in [5, 5.41) is 3.37. The van der Waals surface area contributed by atoms with E-state index in [9.17, 15) is 4.39 Å². The number of hydrogen-bond acceptors (Lipinski definition) is 2. The molecule has 2 nitrogen and oxygen atoms in total. The maximum Gasteiger partial charge on any atom is 0.123 e. The normalized spacial score (nSPS) is 23.0. The van der Waals surface area contributed by atoms with E-state index < -0.39 is 0 Å². The van der Waals surface area contributed by atoms with E-state index in [0.29, 0.717) is 5.92 Å². The maximum absolute atomic E-state index is 13.0. The number of nitrogens with two attached hydrogens (primary N) is 1. The van der Waals surface area contributed by atoms with Crippen LogP contribution in [0.15, 0.2) is 24.3 Å². The third-order valence-corrected chi connectivity index (χ3v) is 3.26. The molecule has 1 fully saturated rings. The van der Waals surface area contributed by atoms with Crippen molar-refractivity contribution in [2.75, 3.05) is 13.1 Å². The second kappa shape index (κ2) is 5.41. The van der Waals surface area contributed by atoms with Gasteiger partial charge in [0.15, 0.2) is 0 Å². The molecule has 0 bridgehead atoms. The molecular weight excluding hydrogens is 203 g/mol. The standard InChI is InChI=1S/C13H19FN2/c14-12-5-1-4-11(8-12)13(15)7-10-3-2-6-16-9-10/h1,4-5,8,10,13,16H,2-3,6-7,9,15H2. The Morgan fingerprint density at radius 3 is 3.06 bits per heavy atom. The summed E-state index contributed by atoms with van der Waals surface area (Å²) in [6.45, 7) is 2.16. The fourth-order valence-electron chi connectivity index (χ4n) is 2.36. The molecule has 1 aliphatic heterocycles. The van der Waals surface area contributed by atoms with E-state index in [1.54, 1.807) is 12.1 Å². The summed E-state index contributed by atoms with van der Waals surface area (Å²) in [6, 6.07) is 6.59. The molecule has 0 saturated carbocycles. The van der Waals surface area contributed by atoms with Gasteiger partial charge in [-0.3, -0.25) is 0 Å². The van der Waals surface area contributed by atoms with Crippen LogP contribution in [0.1, 0.15) is 30.9 Å². The van der Waals surface area contributed by atoms with E-state index in [4.69, 9.17) is 5.73 Å². The predicted octanol–water partition coefficient (Wildman–Crippen LogP) is 2.22. The molecule has 0 spiro atoms. The fraction of sp³-hybridized carbons (Fsp3) is 0.538. The number of piperidine rings is 1. The Balaban J connectivity index is 1.94. The van der Waals surface area contributed by atoms with Crippen LogP contribution in [0.5, 0.6) is 0 Å². The number of rotatable bonds is 3. The van der Waals surface area contributed by atoms with Crippen molar-refractivity contribution in [3.63, 3.8) is 0 Å². The Morgan fingerprint density at radius 1 is 1.50 bits per heavy atom. The maximum atomic E-state index is 13.0. The van der Waals surface area contributed by atoms with Gasteiger partial charge in [0.1, 0.15) is 5.82 Å². The Labute approximate surface area is 96.0 Å². The molecule has 88 valence electrons. The summed E-state index contributed by atoms with van der Waals surface area (Å²) in [7, 11) is 0. The van der Waals surface area contributed by atoms with Crippen molar-refractivity contribution < 1.29 is 4.39 Å². The van der Waals surface area contributed by atoms with Gasteiger partial charge in [-0.25, -0.2) is 4.39 Å². The molecule has 3 N–H and O–H groups in total. The molecule has 1 aromatic rings. The Hall–Kier alpha value is -0.930. The number of nitrogens with one attached hydrogen (secondary N) is 1. The second-order valence-corrected chi connectivity index (χ2v) is 4.61. The van der Waals surface area contributed by atoms with Crippen LogP contribution < -0.4 is 11.1 Å². The van der Waals surface area contributed by atoms with Crippen LogP contribution in [-0.4, -0.2) is 13.1 Å². The summed E-state index contributed by atoms with van der Waals surface area (Å²) >= 11 is 0. The molecule has 2 rings (SSSR count). The quantitative estimate of drug-likeness (QED) is 0.823. The van der Waals surface area contributed by atoms with Crippen LogP contribution in [0.2, 0.25) is 0 Å². The molecule has 16 heavy (non-hydrogen) atoms. The topological polar surface area (TPSA) is 38.0 Å². The molecule has 1 heterocycles. The smallest absolute Gasteiger partial charge is 0.123 e. The molecule has 2 unspecified atom stereocenters.